The molecule has 0 aromatic heterocycles. The molecule has 1 aromatic rings. The molecular weight excluding hydrogens is 286 g/mol. The van der Waals surface area contributed by atoms with Gasteiger partial charge in [0.1, 0.15) is 12.4 Å². The van der Waals surface area contributed by atoms with Gasteiger partial charge in [0.25, 0.3) is 0 Å². The maximum Gasteiger partial charge on any atom is 0.328 e. The molecule has 0 bridgehead atoms. The first-order valence-corrected chi connectivity index (χ1v) is 8.25. The Morgan fingerprint density at radius 3 is 2.67 bits per heavy atom. The van der Waals surface area contributed by atoms with Gasteiger partial charge in [-0.25, -0.2) is 4.79 Å². The van der Waals surface area contributed by atoms with E-state index in [1.54, 1.807) is 6.08 Å². The minimum atomic E-state index is -0.947. The van der Waals surface area contributed by atoms with Crippen LogP contribution in [0.2, 0.25) is 0 Å². The summed E-state index contributed by atoms with van der Waals surface area (Å²) in [6.07, 6.45) is 4.79. The summed E-state index contributed by atoms with van der Waals surface area (Å²) >= 11 is 1.85. The van der Waals surface area contributed by atoms with Crippen LogP contribution in [0.5, 0.6) is 5.75 Å². The van der Waals surface area contributed by atoms with Gasteiger partial charge in [0, 0.05) is 24.4 Å². The monoisotopic (exact) mass is 309 g/mol. The van der Waals surface area contributed by atoms with E-state index in [0.717, 1.165) is 29.7 Å². The molecule has 0 aliphatic carbocycles. The average molecular weight is 309 g/mol. The smallest absolute Gasteiger partial charge is 0.328 e. The number of likely N-dealkylation sites (N-methyl/N-ethyl adjacent to an activating group) is 1. The van der Waals surface area contributed by atoms with Crippen LogP contribution in [-0.4, -0.2) is 54.2 Å². The lowest BCUT2D eigenvalue weighted by molar-refractivity contribution is -0.131. The van der Waals surface area contributed by atoms with Crippen molar-refractivity contribution in [1.82, 2.24) is 4.90 Å². The number of benzene rings is 1. The standard InChI is InChI=1S/C16H23NO3S/c1-13(12-21-3)17(2)10-11-20-15-7-4-14(5-8-15)6-9-16(18)19/h4-9,13H,10-12H2,1-3H3,(H,18,19)/b9-6+. The number of rotatable bonds is 9. The zero-order valence-electron chi connectivity index (χ0n) is 12.8. The molecule has 0 aliphatic rings. The highest BCUT2D eigenvalue weighted by Crippen LogP contribution is 2.13. The molecule has 0 heterocycles. The van der Waals surface area contributed by atoms with Gasteiger partial charge in [-0.15, -0.1) is 0 Å². The molecule has 0 aliphatic heterocycles. The van der Waals surface area contributed by atoms with E-state index in [9.17, 15) is 4.79 Å². The van der Waals surface area contributed by atoms with E-state index in [4.69, 9.17) is 9.84 Å². The first-order chi connectivity index (χ1) is 10.0. The van der Waals surface area contributed by atoms with Crippen molar-refractivity contribution in [3.8, 4) is 5.75 Å². The van der Waals surface area contributed by atoms with Gasteiger partial charge in [0.2, 0.25) is 0 Å². The number of carbonyl (C=O) groups is 1. The summed E-state index contributed by atoms with van der Waals surface area (Å²) < 4.78 is 5.70. The normalized spacial score (nSPS) is 12.8. The van der Waals surface area contributed by atoms with Crippen LogP contribution < -0.4 is 4.74 Å². The molecule has 1 rings (SSSR count). The van der Waals surface area contributed by atoms with E-state index in [2.05, 4.69) is 25.1 Å². The number of hydrogen-bond donors (Lipinski definition) is 1. The Hall–Kier alpha value is -1.46. The molecule has 0 fully saturated rings. The molecule has 0 spiro atoms. The average Bonchev–Trinajstić information content (AvgIpc) is 2.46. The minimum Gasteiger partial charge on any atom is -0.492 e. The molecule has 0 saturated heterocycles. The van der Waals surface area contributed by atoms with Crippen molar-refractivity contribution >= 4 is 23.8 Å². The minimum absolute atomic E-state index is 0.534. The summed E-state index contributed by atoms with van der Waals surface area (Å²) in [5.74, 6) is 0.965. The fourth-order valence-electron chi connectivity index (χ4n) is 1.74. The number of carboxylic acids is 1. The Balaban J connectivity index is 2.37. The van der Waals surface area contributed by atoms with E-state index in [0.29, 0.717) is 12.6 Å². The largest absolute Gasteiger partial charge is 0.492 e. The third-order valence-electron chi connectivity index (χ3n) is 3.17. The highest BCUT2D eigenvalue weighted by Gasteiger charge is 2.07. The van der Waals surface area contributed by atoms with Crippen LogP contribution in [0.25, 0.3) is 6.08 Å². The van der Waals surface area contributed by atoms with Gasteiger partial charge in [-0.3, -0.25) is 4.90 Å². The quantitative estimate of drug-likeness (QED) is 0.711. The predicted molar refractivity (Wildman–Crippen MR) is 89.1 cm³/mol. The zero-order chi connectivity index (χ0) is 15.7. The van der Waals surface area contributed by atoms with Crippen LogP contribution >= 0.6 is 11.8 Å². The Kier molecular flexibility index (Phi) is 7.93. The number of hydrogen-bond acceptors (Lipinski definition) is 4. The van der Waals surface area contributed by atoms with Crippen molar-refractivity contribution in [3.63, 3.8) is 0 Å². The van der Waals surface area contributed by atoms with E-state index >= 15 is 0 Å². The Morgan fingerprint density at radius 1 is 1.43 bits per heavy atom. The van der Waals surface area contributed by atoms with Crippen molar-refractivity contribution in [2.45, 2.75) is 13.0 Å². The first-order valence-electron chi connectivity index (χ1n) is 6.86. The SMILES string of the molecule is CSCC(C)N(C)CCOc1ccc(/C=C/C(=O)O)cc1. The Labute approximate surface area is 130 Å². The van der Waals surface area contributed by atoms with Crippen molar-refractivity contribution in [3.05, 3.63) is 35.9 Å². The van der Waals surface area contributed by atoms with Crippen LogP contribution in [0.3, 0.4) is 0 Å². The van der Waals surface area contributed by atoms with Gasteiger partial charge in [0.15, 0.2) is 0 Å². The highest BCUT2D eigenvalue weighted by atomic mass is 32.2. The molecule has 21 heavy (non-hydrogen) atoms. The summed E-state index contributed by atoms with van der Waals surface area (Å²) in [6, 6.07) is 7.93. The highest BCUT2D eigenvalue weighted by molar-refractivity contribution is 7.98. The summed E-state index contributed by atoms with van der Waals surface area (Å²) in [4.78, 5) is 12.7. The van der Waals surface area contributed by atoms with E-state index in [-0.39, 0.29) is 0 Å². The fraction of sp³-hybridized carbons (Fsp3) is 0.438. The number of carboxylic acid groups (broad SMARTS) is 1. The van der Waals surface area contributed by atoms with Gasteiger partial charge < -0.3 is 9.84 Å². The Morgan fingerprint density at radius 2 is 2.10 bits per heavy atom. The van der Waals surface area contributed by atoms with Crippen LogP contribution in [0, 0.1) is 0 Å². The fourth-order valence-corrected chi connectivity index (χ4v) is 2.48. The summed E-state index contributed by atoms with van der Waals surface area (Å²) in [6.45, 7) is 3.72. The van der Waals surface area contributed by atoms with Gasteiger partial charge in [-0.2, -0.15) is 11.8 Å². The summed E-state index contributed by atoms with van der Waals surface area (Å²) in [5.41, 5.74) is 0.843. The second-order valence-electron chi connectivity index (χ2n) is 4.87. The maximum atomic E-state index is 10.4. The molecule has 4 nitrogen and oxygen atoms in total. The third kappa shape index (κ3) is 7.20. The van der Waals surface area contributed by atoms with Crippen LogP contribution in [-0.2, 0) is 4.79 Å². The lowest BCUT2D eigenvalue weighted by Crippen LogP contribution is -2.34. The van der Waals surface area contributed by atoms with E-state index in [1.165, 1.54) is 0 Å². The molecule has 0 saturated carbocycles. The van der Waals surface area contributed by atoms with E-state index in [1.807, 2.05) is 36.0 Å². The molecule has 1 aromatic carbocycles. The maximum absolute atomic E-state index is 10.4. The lowest BCUT2D eigenvalue weighted by Gasteiger charge is -2.23. The van der Waals surface area contributed by atoms with Crippen molar-refractivity contribution in [2.24, 2.45) is 0 Å². The first kappa shape index (κ1) is 17.6. The second-order valence-corrected chi connectivity index (χ2v) is 5.78. The molecule has 1 atom stereocenters. The zero-order valence-corrected chi connectivity index (χ0v) is 13.6. The van der Waals surface area contributed by atoms with Crippen molar-refractivity contribution in [2.75, 3.05) is 32.2 Å². The van der Waals surface area contributed by atoms with Gasteiger partial charge >= 0.3 is 5.97 Å². The van der Waals surface area contributed by atoms with Gasteiger partial charge in [0.05, 0.1) is 0 Å². The van der Waals surface area contributed by atoms with Crippen LogP contribution in [0.1, 0.15) is 12.5 Å². The van der Waals surface area contributed by atoms with Crippen LogP contribution in [0.4, 0.5) is 0 Å². The molecule has 1 unspecified atom stereocenters. The predicted octanol–water partition coefficient (Wildman–Crippen LogP) is 2.85. The number of aliphatic carboxylic acids is 1. The second kappa shape index (κ2) is 9.47. The lowest BCUT2D eigenvalue weighted by atomic mass is 10.2. The van der Waals surface area contributed by atoms with E-state index < -0.39 is 5.97 Å². The van der Waals surface area contributed by atoms with Crippen LogP contribution in [0.15, 0.2) is 30.3 Å². The molecule has 116 valence electrons. The molecule has 0 radical (unpaired) electrons. The summed E-state index contributed by atoms with van der Waals surface area (Å²) in [7, 11) is 2.10. The van der Waals surface area contributed by atoms with Crippen molar-refractivity contribution < 1.29 is 14.6 Å². The molecule has 5 heteroatoms. The molecular formula is C16H23NO3S. The molecule has 1 N–H and O–H groups in total. The number of thioether (sulfide) groups is 1. The number of nitrogens with zero attached hydrogens (tertiary/aromatic N) is 1. The topological polar surface area (TPSA) is 49.8 Å². The number of ether oxygens (including phenoxy) is 1. The molecule has 0 amide bonds. The van der Waals surface area contributed by atoms with Gasteiger partial charge in [-0.1, -0.05) is 12.1 Å². The Bertz CT molecular complexity index is 459. The third-order valence-corrected chi connectivity index (χ3v) is 3.99. The summed E-state index contributed by atoms with van der Waals surface area (Å²) in [5, 5.41) is 8.56. The van der Waals surface area contributed by atoms with Crippen molar-refractivity contribution in [1.29, 1.82) is 0 Å². The van der Waals surface area contributed by atoms with Gasteiger partial charge in [-0.05, 0) is 44.0 Å².